The molecule has 98 valence electrons. The molecule has 1 aromatic rings. The maximum Gasteiger partial charge on any atom is 0.0827 e. The minimum Gasteiger partial charge on any atom is -0.252 e. The third kappa shape index (κ3) is 6.44. The summed E-state index contributed by atoms with van der Waals surface area (Å²) >= 11 is 0. The van der Waals surface area contributed by atoms with Crippen molar-refractivity contribution in [3.05, 3.63) is 11.9 Å². The van der Waals surface area contributed by atoms with Gasteiger partial charge in [0.1, 0.15) is 0 Å². The Labute approximate surface area is 106 Å². The summed E-state index contributed by atoms with van der Waals surface area (Å²) in [6.07, 6.45) is 10.8. The first-order valence-corrected chi connectivity index (χ1v) is 7.11. The number of aryl methyl sites for hydroxylation is 2. The smallest absolute Gasteiger partial charge is 0.0827 e. The largest absolute Gasteiger partial charge is 0.252 e. The molecule has 3 nitrogen and oxygen atoms in total. The molecule has 0 unspecified atom stereocenters. The maximum atomic E-state index is 4.19. The molecule has 0 saturated heterocycles. The molecule has 0 atom stereocenters. The van der Waals surface area contributed by atoms with Crippen LogP contribution >= 0.6 is 0 Å². The average Bonchev–Trinajstić information content (AvgIpc) is 2.73. The number of hydrogen-bond acceptors (Lipinski definition) is 2. The monoisotopic (exact) mass is 237 g/mol. The number of nitrogens with zero attached hydrogens (tertiary/aromatic N) is 3. The molecule has 0 aromatic carbocycles. The van der Waals surface area contributed by atoms with Gasteiger partial charge in [-0.2, -0.15) is 0 Å². The molecule has 0 radical (unpaired) electrons. The van der Waals surface area contributed by atoms with Crippen molar-refractivity contribution in [2.75, 3.05) is 0 Å². The minimum absolute atomic E-state index is 0.835. The molecule has 17 heavy (non-hydrogen) atoms. The Morgan fingerprint density at radius 3 is 2.71 bits per heavy atom. The minimum atomic E-state index is 0.835. The first-order chi connectivity index (χ1) is 8.22. The molecule has 0 aliphatic rings. The van der Waals surface area contributed by atoms with Crippen molar-refractivity contribution >= 4 is 0 Å². The number of rotatable bonds is 9. The Hall–Kier alpha value is -0.860. The van der Waals surface area contributed by atoms with Crippen LogP contribution in [0.25, 0.3) is 0 Å². The SMILES string of the molecule is CCCCc1cn(CCCCCC(C)C)nn1. The molecule has 0 fully saturated rings. The fourth-order valence-corrected chi connectivity index (χ4v) is 1.92. The predicted octanol–water partition coefficient (Wildman–Crippen LogP) is 3.84. The van der Waals surface area contributed by atoms with Gasteiger partial charge in [0, 0.05) is 12.7 Å². The first-order valence-electron chi connectivity index (χ1n) is 7.11. The maximum absolute atomic E-state index is 4.19. The molecule has 0 amide bonds. The topological polar surface area (TPSA) is 30.7 Å². The lowest BCUT2D eigenvalue weighted by molar-refractivity contribution is 0.487. The van der Waals surface area contributed by atoms with Gasteiger partial charge in [0.2, 0.25) is 0 Å². The van der Waals surface area contributed by atoms with E-state index in [1.54, 1.807) is 0 Å². The summed E-state index contributed by atoms with van der Waals surface area (Å²) in [7, 11) is 0. The van der Waals surface area contributed by atoms with Gasteiger partial charge < -0.3 is 0 Å². The first kappa shape index (κ1) is 14.2. The van der Waals surface area contributed by atoms with Crippen molar-refractivity contribution in [3.8, 4) is 0 Å². The van der Waals surface area contributed by atoms with E-state index in [0.29, 0.717) is 0 Å². The van der Waals surface area contributed by atoms with E-state index < -0.39 is 0 Å². The van der Waals surface area contributed by atoms with Crippen LogP contribution in [0.2, 0.25) is 0 Å². The van der Waals surface area contributed by atoms with Crippen LogP contribution in [0.15, 0.2) is 6.20 Å². The molecule has 0 saturated carbocycles. The lowest BCUT2D eigenvalue weighted by atomic mass is 10.1. The molecule has 0 bridgehead atoms. The average molecular weight is 237 g/mol. The number of unbranched alkanes of at least 4 members (excludes halogenated alkanes) is 3. The number of hydrogen-bond donors (Lipinski definition) is 0. The van der Waals surface area contributed by atoms with Crippen LogP contribution in [0.4, 0.5) is 0 Å². The second kappa shape index (κ2) is 8.26. The molecular formula is C14H27N3. The van der Waals surface area contributed by atoms with Gasteiger partial charge in [-0.3, -0.25) is 4.68 Å². The fraction of sp³-hybridized carbons (Fsp3) is 0.857. The van der Waals surface area contributed by atoms with E-state index in [0.717, 1.165) is 24.6 Å². The predicted molar refractivity (Wildman–Crippen MR) is 71.9 cm³/mol. The Kier molecular flexibility index (Phi) is 6.90. The summed E-state index contributed by atoms with van der Waals surface area (Å²) < 4.78 is 2.00. The fourth-order valence-electron chi connectivity index (χ4n) is 1.92. The Bertz CT molecular complexity index is 291. The third-order valence-electron chi connectivity index (χ3n) is 3.04. The van der Waals surface area contributed by atoms with Crippen LogP contribution in [-0.2, 0) is 13.0 Å². The molecule has 0 aliphatic carbocycles. The van der Waals surface area contributed by atoms with E-state index in [2.05, 4.69) is 37.3 Å². The second-order valence-corrected chi connectivity index (χ2v) is 5.32. The zero-order valence-electron chi connectivity index (χ0n) is 11.7. The van der Waals surface area contributed by atoms with Gasteiger partial charge in [-0.25, -0.2) is 0 Å². The van der Waals surface area contributed by atoms with Gasteiger partial charge in [0.25, 0.3) is 0 Å². The molecular weight excluding hydrogens is 210 g/mol. The van der Waals surface area contributed by atoms with Gasteiger partial charge in [-0.15, -0.1) is 5.10 Å². The summed E-state index contributed by atoms with van der Waals surface area (Å²) in [5, 5.41) is 8.36. The summed E-state index contributed by atoms with van der Waals surface area (Å²) in [5.41, 5.74) is 1.15. The van der Waals surface area contributed by atoms with E-state index in [1.165, 1.54) is 38.5 Å². The summed E-state index contributed by atoms with van der Waals surface area (Å²) in [5.74, 6) is 0.835. The van der Waals surface area contributed by atoms with Gasteiger partial charge in [-0.1, -0.05) is 51.7 Å². The van der Waals surface area contributed by atoms with E-state index in [9.17, 15) is 0 Å². The normalized spacial score (nSPS) is 11.3. The second-order valence-electron chi connectivity index (χ2n) is 5.32. The van der Waals surface area contributed by atoms with Gasteiger partial charge in [0.15, 0.2) is 0 Å². The highest BCUT2D eigenvalue weighted by Crippen LogP contribution is 2.09. The van der Waals surface area contributed by atoms with E-state index in [4.69, 9.17) is 0 Å². The van der Waals surface area contributed by atoms with Crippen molar-refractivity contribution in [2.24, 2.45) is 5.92 Å². The molecule has 0 spiro atoms. The quantitative estimate of drug-likeness (QED) is 0.611. The highest BCUT2D eigenvalue weighted by atomic mass is 15.4. The number of aromatic nitrogens is 3. The Morgan fingerprint density at radius 1 is 1.18 bits per heavy atom. The van der Waals surface area contributed by atoms with Gasteiger partial charge in [0.05, 0.1) is 5.69 Å². The molecule has 3 heteroatoms. The third-order valence-corrected chi connectivity index (χ3v) is 3.04. The zero-order valence-corrected chi connectivity index (χ0v) is 11.7. The molecule has 1 heterocycles. The van der Waals surface area contributed by atoms with Crippen molar-refractivity contribution in [3.63, 3.8) is 0 Å². The van der Waals surface area contributed by atoms with E-state index in [1.807, 2.05) is 4.68 Å². The van der Waals surface area contributed by atoms with Gasteiger partial charge >= 0.3 is 0 Å². The standard InChI is InChI=1S/C14H27N3/c1-4-5-10-14-12-17(16-15-14)11-8-6-7-9-13(2)3/h12-13H,4-11H2,1-3H3. The van der Waals surface area contributed by atoms with Crippen LogP contribution in [-0.4, -0.2) is 15.0 Å². The van der Waals surface area contributed by atoms with Crippen LogP contribution in [0, 0.1) is 5.92 Å². The van der Waals surface area contributed by atoms with Crippen LogP contribution < -0.4 is 0 Å². The van der Waals surface area contributed by atoms with Crippen molar-refractivity contribution in [2.45, 2.75) is 72.3 Å². The van der Waals surface area contributed by atoms with E-state index in [-0.39, 0.29) is 0 Å². The lowest BCUT2D eigenvalue weighted by Gasteiger charge is -2.03. The Balaban J connectivity index is 2.12. The van der Waals surface area contributed by atoms with Gasteiger partial charge in [-0.05, 0) is 25.2 Å². The highest BCUT2D eigenvalue weighted by molar-refractivity contribution is 4.91. The summed E-state index contributed by atoms with van der Waals surface area (Å²) in [6.45, 7) is 7.81. The Morgan fingerprint density at radius 2 is 2.00 bits per heavy atom. The zero-order chi connectivity index (χ0) is 12.5. The van der Waals surface area contributed by atoms with Crippen LogP contribution in [0.5, 0.6) is 0 Å². The molecule has 1 aromatic heterocycles. The lowest BCUT2D eigenvalue weighted by Crippen LogP contribution is -1.99. The van der Waals surface area contributed by atoms with Crippen LogP contribution in [0.3, 0.4) is 0 Å². The molecule has 0 N–H and O–H groups in total. The van der Waals surface area contributed by atoms with Crippen molar-refractivity contribution in [1.29, 1.82) is 0 Å². The van der Waals surface area contributed by atoms with Crippen molar-refractivity contribution in [1.82, 2.24) is 15.0 Å². The van der Waals surface area contributed by atoms with Crippen LogP contribution in [0.1, 0.15) is 65.0 Å². The molecule has 0 aliphatic heterocycles. The van der Waals surface area contributed by atoms with E-state index >= 15 is 0 Å². The molecule has 1 rings (SSSR count). The summed E-state index contributed by atoms with van der Waals surface area (Å²) in [6, 6.07) is 0. The highest BCUT2D eigenvalue weighted by Gasteiger charge is 2.00. The van der Waals surface area contributed by atoms with Crippen molar-refractivity contribution < 1.29 is 0 Å². The summed E-state index contributed by atoms with van der Waals surface area (Å²) in [4.78, 5) is 0.